The third-order valence-electron chi connectivity index (χ3n) is 7.38. The van der Waals surface area contributed by atoms with Gasteiger partial charge < -0.3 is 36.2 Å². The quantitative estimate of drug-likeness (QED) is 0.109. The Balaban J connectivity index is 2.17. The first-order chi connectivity index (χ1) is 24.4. The van der Waals surface area contributed by atoms with E-state index in [1.54, 1.807) is 0 Å². The molecule has 2 rings (SSSR count). The van der Waals surface area contributed by atoms with Gasteiger partial charge in [-0.1, -0.05) is 32.0 Å². The number of carbonyl (C=O) groups excluding carboxylic acids is 6. The third-order valence-corrected chi connectivity index (χ3v) is 7.38. The van der Waals surface area contributed by atoms with Crippen molar-refractivity contribution in [3.8, 4) is 5.75 Å². The fourth-order valence-electron chi connectivity index (χ4n) is 4.75. The Hall–Kier alpha value is -5.69. The molecule has 0 unspecified atom stereocenters. The van der Waals surface area contributed by atoms with Gasteiger partial charge in [0.2, 0.25) is 23.6 Å². The van der Waals surface area contributed by atoms with Crippen LogP contribution in [0.3, 0.4) is 0 Å². The minimum absolute atomic E-state index is 0.0381. The Kier molecular flexibility index (Phi) is 14.9. The van der Waals surface area contributed by atoms with Gasteiger partial charge in [-0.05, 0) is 42.7 Å². The fraction of sp³-hybridized carbons (Fsp3) is 0.424. The van der Waals surface area contributed by atoms with Crippen LogP contribution >= 0.6 is 0 Å². The standard InChI is InChI=1S/C33H36F6N4O10/c1-15(2)27(43-29(50)23(41-17(4)44)12-18-8-10-19(45)11-9-18)30(51)40-16(3)28(49)42-22(13-25(47)48)24(46)14-53-31(52)26-20(32(34,35)36)6-5-7-21(26)33(37,38)39/h5-11,15-16,22-23,27,45H,12-14H2,1-4H3,(H,40,51)(H,41,44)(H,42,49)(H,43,50)(H,47,48)/t16-,22-,23-,27-/m0/s1. The van der Waals surface area contributed by atoms with Crippen molar-refractivity contribution in [3.63, 3.8) is 0 Å². The molecule has 0 spiro atoms. The number of amides is 4. The highest BCUT2D eigenvalue weighted by molar-refractivity contribution is 5.99. The molecule has 0 radical (unpaired) electrons. The highest BCUT2D eigenvalue weighted by atomic mass is 19.4. The zero-order valence-corrected chi connectivity index (χ0v) is 28.5. The van der Waals surface area contributed by atoms with E-state index in [0.717, 1.165) is 13.8 Å². The number of carboxylic acid groups (broad SMARTS) is 1. The van der Waals surface area contributed by atoms with Crippen LogP contribution in [0.5, 0.6) is 5.75 Å². The van der Waals surface area contributed by atoms with E-state index < -0.39 is 114 Å². The summed E-state index contributed by atoms with van der Waals surface area (Å²) in [4.78, 5) is 87.8. The van der Waals surface area contributed by atoms with E-state index in [1.807, 2.05) is 5.32 Å². The summed E-state index contributed by atoms with van der Waals surface area (Å²) in [5, 5.41) is 28.0. The van der Waals surface area contributed by atoms with Crippen LogP contribution in [-0.4, -0.2) is 82.3 Å². The van der Waals surface area contributed by atoms with Gasteiger partial charge in [-0.2, -0.15) is 26.3 Å². The smallest absolute Gasteiger partial charge is 0.417 e. The molecule has 0 heterocycles. The van der Waals surface area contributed by atoms with Crippen LogP contribution < -0.4 is 21.3 Å². The summed E-state index contributed by atoms with van der Waals surface area (Å²) in [5.41, 5.74) is -5.41. The average Bonchev–Trinajstić information content (AvgIpc) is 3.04. The zero-order valence-electron chi connectivity index (χ0n) is 28.5. The number of halogens is 6. The summed E-state index contributed by atoms with van der Waals surface area (Å²) < 4.78 is 85.2. The van der Waals surface area contributed by atoms with Crippen LogP contribution in [0.1, 0.15) is 61.2 Å². The first-order valence-corrected chi connectivity index (χ1v) is 15.6. The number of hydrogen-bond acceptors (Lipinski definition) is 9. The molecule has 14 nitrogen and oxygen atoms in total. The number of benzene rings is 2. The molecule has 0 saturated carbocycles. The third kappa shape index (κ3) is 13.1. The molecule has 0 fully saturated rings. The Morgan fingerprint density at radius 2 is 1.28 bits per heavy atom. The molecule has 0 aliphatic heterocycles. The fourth-order valence-corrected chi connectivity index (χ4v) is 4.75. The van der Waals surface area contributed by atoms with E-state index in [4.69, 9.17) is 0 Å². The minimum atomic E-state index is -5.45. The Labute approximate surface area is 297 Å². The number of nitrogens with one attached hydrogen (secondary N) is 4. The summed E-state index contributed by atoms with van der Waals surface area (Å²) in [6, 6.07) is 0.454. The maximum Gasteiger partial charge on any atom is 0.417 e. The maximum atomic E-state index is 13.5. The summed E-state index contributed by atoms with van der Waals surface area (Å²) >= 11 is 0. The van der Waals surface area contributed by atoms with Crippen molar-refractivity contribution in [1.29, 1.82) is 0 Å². The number of carbonyl (C=O) groups is 7. The molecule has 20 heteroatoms. The molecule has 0 saturated heterocycles. The number of aliphatic carboxylic acids is 1. The number of phenols is 1. The number of hydrogen-bond donors (Lipinski definition) is 6. The topological polar surface area (TPSA) is 217 Å². The van der Waals surface area contributed by atoms with Gasteiger partial charge in [0.05, 0.1) is 23.1 Å². The molecule has 0 aromatic heterocycles. The number of ketones is 1. The molecule has 0 aliphatic carbocycles. The van der Waals surface area contributed by atoms with E-state index in [2.05, 4.69) is 20.7 Å². The second-order valence-electron chi connectivity index (χ2n) is 12.0. The first kappa shape index (κ1) is 43.5. The lowest BCUT2D eigenvalue weighted by atomic mass is 10.00. The van der Waals surface area contributed by atoms with Crippen LogP contribution in [0.15, 0.2) is 42.5 Å². The van der Waals surface area contributed by atoms with Gasteiger partial charge >= 0.3 is 24.3 Å². The number of carboxylic acids is 1. The zero-order chi connectivity index (χ0) is 40.4. The van der Waals surface area contributed by atoms with Gasteiger partial charge in [0.1, 0.15) is 29.9 Å². The van der Waals surface area contributed by atoms with E-state index >= 15 is 0 Å². The monoisotopic (exact) mass is 762 g/mol. The predicted molar refractivity (Wildman–Crippen MR) is 170 cm³/mol. The molecular weight excluding hydrogens is 726 g/mol. The second-order valence-corrected chi connectivity index (χ2v) is 12.0. The molecule has 290 valence electrons. The number of rotatable bonds is 16. The highest BCUT2D eigenvalue weighted by Crippen LogP contribution is 2.39. The minimum Gasteiger partial charge on any atom is -0.508 e. The van der Waals surface area contributed by atoms with Crippen LogP contribution in [-0.2, 0) is 52.3 Å². The molecule has 2 aromatic rings. The summed E-state index contributed by atoms with van der Waals surface area (Å²) in [7, 11) is 0. The lowest BCUT2D eigenvalue weighted by Gasteiger charge is -2.27. The second kappa shape index (κ2) is 18.2. The van der Waals surface area contributed by atoms with Crippen molar-refractivity contribution in [3.05, 3.63) is 64.7 Å². The number of Topliss-reactive ketones (excluding diaryl/α,β-unsaturated/α-hetero) is 1. The maximum absolute atomic E-state index is 13.5. The van der Waals surface area contributed by atoms with Gasteiger partial charge in [0.15, 0.2) is 12.4 Å². The van der Waals surface area contributed by atoms with Crippen molar-refractivity contribution < 1.29 is 74.9 Å². The van der Waals surface area contributed by atoms with Gasteiger partial charge in [0, 0.05) is 13.3 Å². The van der Waals surface area contributed by atoms with Crippen molar-refractivity contribution in [2.24, 2.45) is 5.92 Å². The van der Waals surface area contributed by atoms with Crippen LogP contribution in [0.25, 0.3) is 0 Å². The molecule has 6 N–H and O–H groups in total. The van der Waals surface area contributed by atoms with Crippen molar-refractivity contribution in [2.75, 3.05) is 6.61 Å². The molecule has 4 amide bonds. The number of phenolic OH excluding ortho intramolecular Hbond substituents is 1. The number of ether oxygens (including phenoxy) is 1. The lowest BCUT2D eigenvalue weighted by Crippen LogP contribution is -2.58. The number of alkyl halides is 6. The number of esters is 1. The Morgan fingerprint density at radius 3 is 1.75 bits per heavy atom. The van der Waals surface area contributed by atoms with E-state index in [9.17, 15) is 70.1 Å². The Morgan fingerprint density at radius 1 is 0.736 bits per heavy atom. The van der Waals surface area contributed by atoms with E-state index in [-0.39, 0.29) is 24.3 Å². The molecule has 2 aromatic carbocycles. The predicted octanol–water partition coefficient (Wildman–Crippen LogP) is 2.51. The van der Waals surface area contributed by atoms with Crippen molar-refractivity contribution in [2.45, 2.75) is 77.1 Å². The average molecular weight is 763 g/mol. The van der Waals surface area contributed by atoms with Gasteiger partial charge in [-0.15, -0.1) is 0 Å². The molecule has 0 aliphatic rings. The van der Waals surface area contributed by atoms with Gasteiger partial charge in [0.25, 0.3) is 0 Å². The SMILES string of the molecule is CC(=O)N[C@@H](Cc1ccc(O)cc1)C(=O)N[C@H](C(=O)N[C@@H](C)C(=O)N[C@@H](CC(=O)O)C(=O)COC(=O)c1c(C(F)(F)F)cccc1C(F)(F)F)C(C)C. The van der Waals surface area contributed by atoms with Crippen LogP contribution in [0, 0.1) is 5.92 Å². The summed E-state index contributed by atoms with van der Waals surface area (Å²) in [6.07, 6.45) is -12.1. The normalized spacial score (nSPS) is 13.9. The van der Waals surface area contributed by atoms with Crippen molar-refractivity contribution >= 4 is 41.4 Å². The molecular formula is C33H36F6N4O10. The molecule has 0 bridgehead atoms. The lowest BCUT2D eigenvalue weighted by molar-refractivity contribution is -0.144. The summed E-state index contributed by atoms with van der Waals surface area (Å²) in [6.45, 7) is 3.79. The van der Waals surface area contributed by atoms with Gasteiger partial charge in [-0.3, -0.25) is 28.8 Å². The van der Waals surface area contributed by atoms with E-state index in [0.29, 0.717) is 11.6 Å². The van der Waals surface area contributed by atoms with Crippen LogP contribution in [0.4, 0.5) is 26.3 Å². The van der Waals surface area contributed by atoms with Crippen LogP contribution in [0.2, 0.25) is 0 Å². The van der Waals surface area contributed by atoms with Crippen molar-refractivity contribution in [1.82, 2.24) is 21.3 Å². The molecule has 53 heavy (non-hydrogen) atoms. The molecule has 4 atom stereocenters. The number of aromatic hydroxyl groups is 1. The summed E-state index contributed by atoms with van der Waals surface area (Å²) in [5.74, 6) is -9.47. The van der Waals surface area contributed by atoms with E-state index in [1.165, 1.54) is 38.1 Å². The largest absolute Gasteiger partial charge is 0.508 e. The Bertz CT molecular complexity index is 1660. The van der Waals surface area contributed by atoms with Gasteiger partial charge in [-0.25, -0.2) is 4.79 Å². The highest BCUT2D eigenvalue weighted by Gasteiger charge is 2.43. The first-order valence-electron chi connectivity index (χ1n) is 15.6.